The molecular formula is C17H16O6. The number of ether oxygens (including phenoxy) is 2. The van der Waals surface area contributed by atoms with Gasteiger partial charge in [0.05, 0.1) is 11.1 Å². The van der Waals surface area contributed by atoms with Crippen LogP contribution in [-0.2, 0) is 19.1 Å². The van der Waals surface area contributed by atoms with E-state index in [1.165, 1.54) is 0 Å². The van der Waals surface area contributed by atoms with Gasteiger partial charge in [-0.25, -0.2) is 9.59 Å². The molecule has 0 spiro atoms. The van der Waals surface area contributed by atoms with Gasteiger partial charge < -0.3 is 19.7 Å². The van der Waals surface area contributed by atoms with E-state index in [1.54, 1.807) is 12.2 Å². The van der Waals surface area contributed by atoms with Crippen LogP contribution in [0.25, 0.3) is 6.08 Å². The minimum absolute atomic E-state index is 0.00835. The maximum atomic E-state index is 11.8. The third-order valence-corrected chi connectivity index (χ3v) is 3.09. The highest BCUT2D eigenvalue weighted by molar-refractivity contribution is 5.97. The van der Waals surface area contributed by atoms with Crippen LogP contribution in [0.1, 0.15) is 5.56 Å². The molecule has 0 aromatic heterocycles. The molecule has 1 aromatic rings. The number of aliphatic hydroxyl groups is 2. The molecule has 0 radical (unpaired) electrons. The standard InChI is InChI=1S/C17H16O6/c1-11(15(19)13-10-14(18)23-17(13)21)16(20)22-9-5-8-12-6-3-2-4-7-12/h2-8,10,14-15,18-19H,1,9H2/b8-5+. The number of carbonyl (C=O) groups is 2. The lowest BCUT2D eigenvalue weighted by atomic mass is 10.0. The predicted octanol–water partition coefficient (Wildman–Crippen LogP) is 0.962. The van der Waals surface area contributed by atoms with E-state index in [0.29, 0.717) is 0 Å². The Hall–Kier alpha value is -2.70. The molecule has 6 nitrogen and oxygen atoms in total. The van der Waals surface area contributed by atoms with Crippen LogP contribution in [-0.4, -0.2) is 41.2 Å². The second-order valence-corrected chi connectivity index (χ2v) is 4.76. The molecule has 6 heteroatoms. The molecule has 23 heavy (non-hydrogen) atoms. The lowest BCUT2D eigenvalue weighted by Gasteiger charge is -2.11. The number of hydrogen-bond donors (Lipinski definition) is 2. The van der Waals surface area contributed by atoms with Gasteiger partial charge >= 0.3 is 11.9 Å². The molecule has 2 N–H and O–H groups in total. The average Bonchev–Trinajstić information content (AvgIpc) is 2.89. The predicted molar refractivity (Wildman–Crippen MR) is 81.8 cm³/mol. The smallest absolute Gasteiger partial charge is 0.339 e. The van der Waals surface area contributed by atoms with E-state index >= 15 is 0 Å². The second-order valence-electron chi connectivity index (χ2n) is 4.76. The van der Waals surface area contributed by atoms with E-state index in [-0.39, 0.29) is 17.8 Å². The molecule has 1 heterocycles. The summed E-state index contributed by atoms with van der Waals surface area (Å²) < 4.78 is 9.37. The Morgan fingerprint density at radius 1 is 1.39 bits per heavy atom. The van der Waals surface area contributed by atoms with Crippen molar-refractivity contribution in [3.05, 3.63) is 65.8 Å². The second kappa shape index (κ2) is 7.53. The molecule has 0 bridgehead atoms. The Balaban J connectivity index is 1.86. The summed E-state index contributed by atoms with van der Waals surface area (Å²) in [7, 11) is 0. The van der Waals surface area contributed by atoms with Gasteiger partial charge in [0.1, 0.15) is 12.7 Å². The summed E-state index contributed by atoms with van der Waals surface area (Å²) in [5, 5.41) is 19.0. The highest BCUT2D eigenvalue weighted by Gasteiger charge is 2.33. The summed E-state index contributed by atoms with van der Waals surface area (Å²) in [6, 6.07) is 9.44. The van der Waals surface area contributed by atoms with Crippen molar-refractivity contribution in [2.75, 3.05) is 6.61 Å². The number of carbonyl (C=O) groups excluding carboxylic acids is 2. The van der Waals surface area contributed by atoms with Gasteiger partial charge in [-0.15, -0.1) is 0 Å². The van der Waals surface area contributed by atoms with Crippen LogP contribution in [0.2, 0.25) is 0 Å². The molecule has 0 amide bonds. The maximum Gasteiger partial charge on any atom is 0.339 e. The Morgan fingerprint density at radius 3 is 2.70 bits per heavy atom. The van der Waals surface area contributed by atoms with Gasteiger partial charge in [0.15, 0.2) is 0 Å². The molecule has 2 unspecified atom stereocenters. The van der Waals surface area contributed by atoms with Crippen LogP contribution in [0.4, 0.5) is 0 Å². The van der Waals surface area contributed by atoms with Crippen molar-refractivity contribution >= 4 is 18.0 Å². The first-order valence-corrected chi connectivity index (χ1v) is 6.85. The fraction of sp³-hybridized carbons (Fsp3) is 0.176. The third kappa shape index (κ3) is 4.38. The minimum atomic E-state index is -1.58. The molecule has 2 atom stereocenters. The zero-order chi connectivity index (χ0) is 16.8. The molecule has 0 saturated carbocycles. The molecule has 0 aliphatic carbocycles. The quantitative estimate of drug-likeness (QED) is 0.600. The molecular weight excluding hydrogens is 300 g/mol. The SMILES string of the molecule is C=C(C(=O)OC/C=C/c1ccccc1)C(O)C1=CC(O)OC1=O. The van der Waals surface area contributed by atoms with E-state index < -0.39 is 24.3 Å². The fourth-order valence-corrected chi connectivity index (χ4v) is 1.90. The first-order valence-electron chi connectivity index (χ1n) is 6.85. The lowest BCUT2D eigenvalue weighted by molar-refractivity contribution is -0.151. The Kier molecular flexibility index (Phi) is 5.46. The van der Waals surface area contributed by atoms with Gasteiger partial charge in [-0.2, -0.15) is 0 Å². The molecule has 0 saturated heterocycles. The molecule has 1 aliphatic heterocycles. The number of aliphatic hydroxyl groups excluding tert-OH is 2. The van der Waals surface area contributed by atoms with Crippen molar-refractivity contribution in [1.82, 2.24) is 0 Å². The first-order chi connectivity index (χ1) is 11.0. The van der Waals surface area contributed by atoms with Crippen LogP contribution < -0.4 is 0 Å². The molecule has 120 valence electrons. The summed E-state index contributed by atoms with van der Waals surface area (Å²) in [6.45, 7) is 3.41. The third-order valence-electron chi connectivity index (χ3n) is 3.09. The Morgan fingerprint density at radius 2 is 2.09 bits per heavy atom. The largest absolute Gasteiger partial charge is 0.458 e. The fourth-order valence-electron chi connectivity index (χ4n) is 1.90. The highest BCUT2D eigenvalue weighted by Crippen LogP contribution is 2.20. The number of esters is 2. The van der Waals surface area contributed by atoms with E-state index in [0.717, 1.165) is 11.6 Å². The van der Waals surface area contributed by atoms with Gasteiger partial charge in [-0.05, 0) is 17.7 Å². The Labute approximate surface area is 133 Å². The van der Waals surface area contributed by atoms with Crippen LogP contribution >= 0.6 is 0 Å². The van der Waals surface area contributed by atoms with Crippen LogP contribution in [0.3, 0.4) is 0 Å². The zero-order valence-electron chi connectivity index (χ0n) is 12.2. The van der Waals surface area contributed by atoms with Crippen LogP contribution in [0.15, 0.2) is 60.2 Å². The van der Waals surface area contributed by atoms with Gasteiger partial charge in [-0.3, -0.25) is 0 Å². The number of rotatable bonds is 6. The molecule has 1 aromatic carbocycles. The van der Waals surface area contributed by atoms with Crippen molar-refractivity contribution in [2.45, 2.75) is 12.4 Å². The molecule has 2 rings (SSSR count). The monoisotopic (exact) mass is 316 g/mol. The normalized spacial score (nSPS) is 18.4. The topological polar surface area (TPSA) is 93.1 Å². The Bertz CT molecular complexity index is 659. The number of cyclic esters (lactones) is 1. The van der Waals surface area contributed by atoms with Gasteiger partial charge in [0.2, 0.25) is 6.29 Å². The molecule has 1 aliphatic rings. The summed E-state index contributed by atoms with van der Waals surface area (Å²) in [4.78, 5) is 23.1. The lowest BCUT2D eigenvalue weighted by Crippen LogP contribution is -2.24. The number of hydrogen-bond acceptors (Lipinski definition) is 6. The summed E-state index contributed by atoms with van der Waals surface area (Å²) in [6.07, 6.45) is 1.43. The van der Waals surface area contributed by atoms with Gasteiger partial charge in [0.25, 0.3) is 0 Å². The highest BCUT2D eigenvalue weighted by atomic mass is 16.6. The van der Waals surface area contributed by atoms with Crippen molar-refractivity contribution in [3.8, 4) is 0 Å². The van der Waals surface area contributed by atoms with Crippen molar-refractivity contribution in [1.29, 1.82) is 0 Å². The van der Waals surface area contributed by atoms with Crippen LogP contribution in [0.5, 0.6) is 0 Å². The van der Waals surface area contributed by atoms with Crippen molar-refractivity contribution in [3.63, 3.8) is 0 Å². The maximum absolute atomic E-state index is 11.8. The van der Waals surface area contributed by atoms with E-state index in [4.69, 9.17) is 9.84 Å². The first kappa shape index (κ1) is 16.7. The van der Waals surface area contributed by atoms with Gasteiger partial charge in [0, 0.05) is 0 Å². The molecule has 0 fully saturated rings. The summed E-state index contributed by atoms with van der Waals surface area (Å²) in [5.41, 5.74) is 0.407. The number of benzene rings is 1. The van der Waals surface area contributed by atoms with E-state index in [2.05, 4.69) is 11.3 Å². The van der Waals surface area contributed by atoms with Crippen LogP contribution in [0, 0.1) is 0 Å². The van der Waals surface area contributed by atoms with Gasteiger partial charge in [-0.1, -0.05) is 43.0 Å². The van der Waals surface area contributed by atoms with Crippen molar-refractivity contribution in [2.24, 2.45) is 0 Å². The van der Waals surface area contributed by atoms with E-state index in [1.807, 2.05) is 30.3 Å². The van der Waals surface area contributed by atoms with Crippen molar-refractivity contribution < 1.29 is 29.3 Å². The summed E-state index contributed by atoms with van der Waals surface area (Å²) in [5.74, 6) is -1.74. The zero-order valence-corrected chi connectivity index (χ0v) is 12.2. The van der Waals surface area contributed by atoms with E-state index in [9.17, 15) is 14.7 Å². The minimum Gasteiger partial charge on any atom is -0.458 e. The average molecular weight is 316 g/mol. The summed E-state index contributed by atoms with van der Waals surface area (Å²) >= 11 is 0.